The van der Waals surface area contributed by atoms with Crippen molar-refractivity contribution in [2.75, 3.05) is 14.2 Å². The van der Waals surface area contributed by atoms with Crippen molar-refractivity contribution in [3.63, 3.8) is 0 Å². The Morgan fingerprint density at radius 1 is 1.09 bits per heavy atom. The van der Waals surface area contributed by atoms with Gasteiger partial charge in [-0.25, -0.2) is 0 Å². The lowest BCUT2D eigenvalue weighted by atomic mass is 9.96. The quantitative estimate of drug-likeness (QED) is 0.434. The van der Waals surface area contributed by atoms with Crippen molar-refractivity contribution in [1.29, 1.82) is 0 Å². The van der Waals surface area contributed by atoms with Gasteiger partial charge in [0.05, 0.1) is 27.2 Å². The molecule has 0 saturated carbocycles. The molecular weight excluding hydrogens is 286 g/mol. The van der Waals surface area contributed by atoms with Crippen molar-refractivity contribution >= 4 is 23.4 Å². The molecule has 0 aliphatic carbocycles. The Balaban J connectivity index is 3.07. The first kappa shape index (κ1) is 17.6. The van der Waals surface area contributed by atoms with E-state index in [0.29, 0.717) is 0 Å². The lowest BCUT2D eigenvalue weighted by Crippen LogP contribution is -2.33. The summed E-state index contributed by atoms with van der Waals surface area (Å²) in [6.07, 6.45) is -0.233. The summed E-state index contributed by atoms with van der Waals surface area (Å²) >= 11 is 0. The van der Waals surface area contributed by atoms with Crippen LogP contribution in [0.2, 0.25) is 0 Å². The van der Waals surface area contributed by atoms with Gasteiger partial charge in [-0.05, 0) is 12.5 Å². The molecule has 0 aromatic heterocycles. The zero-order chi connectivity index (χ0) is 16.5. The van der Waals surface area contributed by atoms with E-state index in [2.05, 4.69) is 14.5 Å². The van der Waals surface area contributed by atoms with E-state index in [0.717, 1.165) is 5.56 Å². The predicted octanol–water partition coefficient (Wildman–Crippen LogP) is 1.57. The molecular formula is C16H19NO5. The number of hydrogen-bond acceptors (Lipinski definition) is 6. The molecule has 6 heteroatoms. The third-order valence-corrected chi connectivity index (χ3v) is 3.04. The summed E-state index contributed by atoms with van der Waals surface area (Å²) in [6.45, 7) is 1.52. The van der Waals surface area contributed by atoms with Gasteiger partial charge in [0.25, 0.3) is 0 Å². The van der Waals surface area contributed by atoms with Crippen molar-refractivity contribution in [2.45, 2.75) is 19.9 Å². The first-order valence-electron chi connectivity index (χ1n) is 6.71. The lowest BCUT2D eigenvalue weighted by Gasteiger charge is -2.14. The fraction of sp³-hybridized carbons (Fsp3) is 0.375. The Morgan fingerprint density at radius 2 is 1.73 bits per heavy atom. The number of Topliss-reactive ketones (excluding diaryl/α,β-unsaturated/α-hetero) is 1. The molecule has 118 valence electrons. The van der Waals surface area contributed by atoms with E-state index in [1.54, 1.807) is 0 Å². The molecule has 1 rings (SSSR count). The Morgan fingerprint density at radius 3 is 2.23 bits per heavy atom. The van der Waals surface area contributed by atoms with Crippen LogP contribution in [0, 0.1) is 5.92 Å². The van der Waals surface area contributed by atoms with Crippen molar-refractivity contribution in [2.24, 2.45) is 10.9 Å². The van der Waals surface area contributed by atoms with Crippen LogP contribution in [-0.4, -0.2) is 37.7 Å². The summed E-state index contributed by atoms with van der Waals surface area (Å²) in [7, 11) is 2.42. The minimum Gasteiger partial charge on any atom is -0.469 e. The highest BCUT2D eigenvalue weighted by atomic mass is 16.5. The average Bonchev–Trinajstić information content (AvgIpc) is 2.52. The average molecular weight is 305 g/mol. The number of carbonyl (C=O) groups excluding carboxylic acids is 3. The van der Waals surface area contributed by atoms with Gasteiger partial charge in [0.2, 0.25) is 0 Å². The monoisotopic (exact) mass is 305 g/mol. The standard InChI is InChI=1S/C16H19NO5/c1-11(18)15(16(20)22-3)13(9-14(19)21-2)17-10-12-7-5-4-6-8-12/h4-8,15H,9-10H2,1-3H3. The van der Waals surface area contributed by atoms with Crippen LogP contribution in [0.5, 0.6) is 0 Å². The van der Waals surface area contributed by atoms with Gasteiger partial charge >= 0.3 is 11.9 Å². The molecule has 0 radical (unpaired) electrons. The van der Waals surface area contributed by atoms with E-state index >= 15 is 0 Å². The van der Waals surface area contributed by atoms with Crippen LogP contribution in [0.1, 0.15) is 18.9 Å². The number of methoxy groups -OCH3 is 2. The van der Waals surface area contributed by atoms with Gasteiger partial charge in [0, 0.05) is 5.71 Å². The zero-order valence-corrected chi connectivity index (χ0v) is 12.9. The summed E-state index contributed by atoms with van der Waals surface area (Å²) in [5.74, 6) is -2.92. The number of ketones is 1. The molecule has 1 aromatic carbocycles. The maximum atomic E-state index is 11.8. The molecule has 0 heterocycles. The first-order chi connectivity index (χ1) is 10.5. The Kier molecular flexibility index (Phi) is 6.95. The fourth-order valence-corrected chi connectivity index (χ4v) is 1.90. The van der Waals surface area contributed by atoms with Crippen molar-refractivity contribution < 1.29 is 23.9 Å². The number of rotatable bonds is 7. The molecule has 0 aliphatic rings. The van der Waals surface area contributed by atoms with E-state index in [1.165, 1.54) is 21.1 Å². The van der Waals surface area contributed by atoms with E-state index < -0.39 is 23.6 Å². The maximum absolute atomic E-state index is 11.8. The molecule has 0 bridgehead atoms. The van der Waals surface area contributed by atoms with E-state index in [4.69, 9.17) is 0 Å². The third-order valence-electron chi connectivity index (χ3n) is 3.04. The number of aliphatic imine (C=N–C) groups is 1. The van der Waals surface area contributed by atoms with Crippen LogP contribution in [0.4, 0.5) is 0 Å². The smallest absolute Gasteiger partial charge is 0.322 e. The SMILES string of the molecule is COC(=O)CC(=NCc1ccccc1)C(C(C)=O)C(=O)OC. The number of nitrogens with zero attached hydrogens (tertiary/aromatic N) is 1. The Hall–Kier alpha value is -2.50. The van der Waals surface area contributed by atoms with Gasteiger partial charge < -0.3 is 9.47 Å². The second-order valence-electron chi connectivity index (χ2n) is 4.61. The highest BCUT2D eigenvalue weighted by Gasteiger charge is 2.31. The second kappa shape index (κ2) is 8.71. The summed E-state index contributed by atoms with van der Waals surface area (Å²) < 4.78 is 9.22. The Labute approximate surface area is 129 Å². The third kappa shape index (κ3) is 5.12. The van der Waals surface area contributed by atoms with Crippen LogP contribution < -0.4 is 0 Å². The fourth-order valence-electron chi connectivity index (χ4n) is 1.90. The van der Waals surface area contributed by atoms with Gasteiger partial charge in [-0.2, -0.15) is 0 Å². The molecule has 1 unspecified atom stereocenters. The van der Waals surface area contributed by atoms with Crippen LogP contribution in [0.25, 0.3) is 0 Å². The molecule has 1 aromatic rings. The van der Waals surface area contributed by atoms with Gasteiger partial charge in [-0.15, -0.1) is 0 Å². The molecule has 0 amide bonds. The van der Waals surface area contributed by atoms with Gasteiger partial charge in [0.1, 0.15) is 5.78 Å². The van der Waals surface area contributed by atoms with Crippen molar-refractivity contribution in [1.82, 2.24) is 0 Å². The Bertz CT molecular complexity index is 565. The number of hydrogen-bond donors (Lipinski definition) is 0. The van der Waals surface area contributed by atoms with Crippen LogP contribution >= 0.6 is 0 Å². The van der Waals surface area contributed by atoms with Gasteiger partial charge in [-0.3, -0.25) is 19.4 Å². The molecule has 0 fully saturated rings. The van der Waals surface area contributed by atoms with Gasteiger partial charge in [0.15, 0.2) is 5.92 Å². The normalized spacial score (nSPS) is 12.4. The summed E-state index contributed by atoms with van der Waals surface area (Å²) in [4.78, 5) is 39.3. The second-order valence-corrected chi connectivity index (χ2v) is 4.61. The van der Waals surface area contributed by atoms with Crippen molar-refractivity contribution in [3.05, 3.63) is 35.9 Å². The predicted molar refractivity (Wildman–Crippen MR) is 80.4 cm³/mol. The highest BCUT2D eigenvalue weighted by Crippen LogP contribution is 2.11. The summed E-state index contributed by atoms with van der Waals surface area (Å²) in [5, 5.41) is 0. The largest absolute Gasteiger partial charge is 0.469 e. The molecule has 22 heavy (non-hydrogen) atoms. The van der Waals surface area contributed by atoms with Crippen LogP contribution in [0.15, 0.2) is 35.3 Å². The highest BCUT2D eigenvalue weighted by molar-refractivity contribution is 6.21. The molecule has 0 spiro atoms. The van der Waals surface area contributed by atoms with Crippen LogP contribution in [-0.2, 0) is 30.4 Å². The minimum atomic E-state index is -1.19. The van der Waals surface area contributed by atoms with Crippen molar-refractivity contribution in [3.8, 4) is 0 Å². The minimum absolute atomic E-state index is 0.148. The van der Waals surface area contributed by atoms with Crippen LogP contribution in [0.3, 0.4) is 0 Å². The summed E-state index contributed by atoms with van der Waals surface area (Å²) in [6, 6.07) is 9.30. The molecule has 1 atom stereocenters. The number of carbonyl (C=O) groups is 3. The van der Waals surface area contributed by atoms with E-state index in [-0.39, 0.29) is 18.7 Å². The van der Waals surface area contributed by atoms with Gasteiger partial charge in [-0.1, -0.05) is 30.3 Å². The zero-order valence-electron chi connectivity index (χ0n) is 12.9. The molecule has 6 nitrogen and oxygen atoms in total. The molecule has 0 N–H and O–H groups in total. The van der Waals surface area contributed by atoms with E-state index in [9.17, 15) is 14.4 Å². The number of esters is 2. The number of benzene rings is 1. The van der Waals surface area contributed by atoms with E-state index in [1.807, 2.05) is 30.3 Å². The number of ether oxygens (including phenoxy) is 2. The topological polar surface area (TPSA) is 82.0 Å². The maximum Gasteiger partial charge on any atom is 0.322 e. The molecule has 0 saturated heterocycles. The lowest BCUT2D eigenvalue weighted by molar-refractivity contribution is -0.146. The summed E-state index contributed by atoms with van der Waals surface area (Å²) in [5.41, 5.74) is 1.05. The first-order valence-corrected chi connectivity index (χ1v) is 6.71. The molecule has 0 aliphatic heterocycles.